The number of hydrogen-bond acceptors (Lipinski definition) is 2. The fraction of sp³-hybridized carbons (Fsp3) is 0.0769. The van der Waals surface area contributed by atoms with Gasteiger partial charge in [-0.05, 0) is 16.3 Å². The first kappa shape index (κ1) is 10.2. The molecule has 0 aliphatic rings. The number of carbonyl (C=O) groups excluding carboxylic acids is 1. The highest BCUT2D eigenvalue weighted by molar-refractivity contribution is 5.85. The highest BCUT2D eigenvalue weighted by Crippen LogP contribution is 2.15. The van der Waals surface area contributed by atoms with Gasteiger partial charge in [0.15, 0.2) is 6.19 Å². The van der Waals surface area contributed by atoms with E-state index in [9.17, 15) is 4.79 Å². The number of carbonyl (C=O) groups is 1. The summed E-state index contributed by atoms with van der Waals surface area (Å²) in [4.78, 5) is 11.2. The van der Waals surface area contributed by atoms with Gasteiger partial charge >= 0.3 is 0 Å². The van der Waals surface area contributed by atoms with E-state index in [0.717, 1.165) is 16.3 Å². The molecule has 16 heavy (non-hydrogen) atoms. The van der Waals surface area contributed by atoms with E-state index in [4.69, 9.17) is 5.26 Å². The highest BCUT2D eigenvalue weighted by atomic mass is 16.1. The summed E-state index contributed by atoms with van der Waals surface area (Å²) >= 11 is 0. The maximum absolute atomic E-state index is 11.2. The maximum atomic E-state index is 11.2. The van der Waals surface area contributed by atoms with Crippen LogP contribution < -0.4 is 5.32 Å². The zero-order valence-corrected chi connectivity index (χ0v) is 8.60. The lowest BCUT2D eigenvalue weighted by atomic mass is 10.1. The molecule has 2 rings (SSSR count). The summed E-state index contributed by atoms with van der Waals surface area (Å²) in [5.74, 6) is -0.280. The van der Waals surface area contributed by atoms with Crippen molar-refractivity contribution >= 4 is 16.7 Å². The average molecular weight is 210 g/mol. The normalized spacial score (nSPS) is 9.69. The molecule has 0 radical (unpaired) electrons. The first-order valence-corrected chi connectivity index (χ1v) is 4.95. The van der Waals surface area contributed by atoms with Crippen LogP contribution in [0, 0.1) is 11.5 Å². The summed E-state index contributed by atoms with van der Waals surface area (Å²) in [6.07, 6.45) is 1.86. The predicted octanol–water partition coefficient (Wildman–Crippen LogP) is 1.98. The molecule has 3 nitrogen and oxygen atoms in total. The molecule has 0 aromatic heterocycles. The van der Waals surface area contributed by atoms with Crippen molar-refractivity contribution in [2.75, 3.05) is 0 Å². The van der Waals surface area contributed by atoms with Crippen molar-refractivity contribution in [1.82, 2.24) is 5.32 Å². The van der Waals surface area contributed by atoms with Crippen LogP contribution in [-0.4, -0.2) is 5.91 Å². The molecule has 0 unspecified atom stereocenters. The second-order valence-electron chi connectivity index (χ2n) is 3.52. The fourth-order valence-corrected chi connectivity index (χ4v) is 1.64. The van der Waals surface area contributed by atoms with Crippen molar-refractivity contribution in [2.45, 2.75) is 6.42 Å². The van der Waals surface area contributed by atoms with Crippen molar-refractivity contribution in [2.24, 2.45) is 0 Å². The first-order chi connectivity index (χ1) is 7.79. The zero-order chi connectivity index (χ0) is 11.4. The lowest BCUT2D eigenvalue weighted by Crippen LogP contribution is -2.19. The SMILES string of the molecule is N#CNC(=O)Cc1ccc2ccccc2c1. The molecule has 0 aliphatic heterocycles. The van der Waals surface area contributed by atoms with Gasteiger partial charge in [0, 0.05) is 0 Å². The van der Waals surface area contributed by atoms with Gasteiger partial charge in [0.1, 0.15) is 0 Å². The molecule has 1 N–H and O–H groups in total. The predicted molar refractivity (Wildman–Crippen MR) is 61.4 cm³/mol. The Morgan fingerprint density at radius 2 is 1.94 bits per heavy atom. The number of hydrogen-bond donors (Lipinski definition) is 1. The van der Waals surface area contributed by atoms with Crippen LogP contribution in [-0.2, 0) is 11.2 Å². The summed E-state index contributed by atoms with van der Waals surface area (Å²) in [6.45, 7) is 0. The van der Waals surface area contributed by atoms with Crippen LogP contribution in [0.15, 0.2) is 42.5 Å². The number of nitriles is 1. The minimum absolute atomic E-state index is 0.235. The van der Waals surface area contributed by atoms with E-state index in [-0.39, 0.29) is 12.3 Å². The van der Waals surface area contributed by atoms with E-state index in [1.807, 2.05) is 42.5 Å². The first-order valence-electron chi connectivity index (χ1n) is 4.95. The number of fused-ring (bicyclic) bond motifs is 1. The molecule has 0 spiro atoms. The molecule has 1 amide bonds. The lowest BCUT2D eigenvalue weighted by Gasteiger charge is -2.02. The molecule has 0 saturated carbocycles. The van der Waals surface area contributed by atoms with Crippen LogP contribution >= 0.6 is 0 Å². The smallest absolute Gasteiger partial charge is 0.237 e. The topological polar surface area (TPSA) is 52.9 Å². The fourth-order valence-electron chi connectivity index (χ4n) is 1.64. The van der Waals surface area contributed by atoms with Gasteiger partial charge in [-0.2, -0.15) is 5.26 Å². The summed E-state index contributed by atoms with van der Waals surface area (Å²) in [6, 6.07) is 13.8. The lowest BCUT2D eigenvalue weighted by molar-refractivity contribution is -0.119. The molecule has 78 valence electrons. The molecule has 0 heterocycles. The van der Waals surface area contributed by atoms with Gasteiger partial charge in [0.05, 0.1) is 6.42 Å². The molecule has 0 aliphatic carbocycles. The Labute approximate surface area is 93.3 Å². The molecule has 0 bridgehead atoms. The van der Waals surface area contributed by atoms with Crippen molar-refractivity contribution < 1.29 is 4.79 Å². The van der Waals surface area contributed by atoms with Crippen LogP contribution in [0.3, 0.4) is 0 Å². The van der Waals surface area contributed by atoms with Gasteiger partial charge in [-0.25, -0.2) is 0 Å². The van der Waals surface area contributed by atoms with E-state index in [2.05, 4.69) is 5.32 Å². The Morgan fingerprint density at radius 1 is 1.19 bits per heavy atom. The molecule has 2 aromatic carbocycles. The standard InChI is InChI=1S/C13H10N2O/c14-9-15-13(16)8-10-5-6-11-3-1-2-4-12(11)7-10/h1-7H,8H2,(H,15,16). The number of benzene rings is 2. The zero-order valence-electron chi connectivity index (χ0n) is 8.60. The highest BCUT2D eigenvalue weighted by Gasteiger charge is 2.02. The number of amides is 1. The molecule has 3 heteroatoms. The molecule has 0 fully saturated rings. The maximum Gasteiger partial charge on any atom is 0.237 e. The Kier molecular flexibility index (Phi) is 2.84. The summed E-state index contributed by atoms with van der Waals surface area (Å²) in [5, 5.41) is 12.7. The second kappa shape index (κ2) is 4.45. The summed E-state index contributed by atoms with van der Waals surface area (Å²) in [5.41, 5.74) is 0.909. The van der Waals surface area contributed by atoms with Crippen molar-refractivity contribution in [3.63, 3.8) is 0 Å². The van der Waals surface area contributed by atoms with Crippen LogP contribution in [0.1, 0.15) is 5.56 Å². The third kappa shape index (κ3) is 2.18. The van der Waals surface area contributed by atoms with E-state index in [1.54, 1.807) is 6.19 Å². The monoisotopic (exact) mass is 210 g/mol. The van der Waals surface area contributed by atoms with Crippen molar-refractivity contribution in [3.05, 3.63) is 48.0 Å². The van der Waals surface area contributed by atoms with Gasteiger partial charge in [0.25, 0.3) is 0 Å². The van der Waals surface area contributed by atoms with Crippen LogP contribution in [0.2, 0.25) is 0 Å². The third-order valence-corrected chi connectivity index (χ3v) is 2.37. The molecule has 0 atom stereocenters. The number of rotatable bonds is 2. The molecule has 0 saturated heterocycles. The van der Waals surface area contributed by atoms with Crippen LogP contribution in [0.5, 0.6) is 0 Å². The molecular weight excluding hydrogens is 200 g/mol. The summed E-state index contributed by atoms with van der Waals surface area (Å²) < 4.78 is 0. The minimum atomic E-state index is -0.280. The Bertz CT molecular complexity index is 569. The van der Waals surface area contributed by atoms with E-state index >= 15 is 0 Å². The Morgan fingerprint density at radius 3 is 2.69 bits per heavy atom. The van der Waals surface area contributed by atoms with Crippen LogP contribution in [0.4, 0.5) is 0 Å². The van der Waals surface area contributed by atoms with Crippen molar-refractivity contribution in [1.29, 1.82) is 5.26 Å². The van der Waals surface area contributed by atoms with Gasteiger partial charge < -0.3 is 0 Å². The quantitative estimate of drug-likeness (QED) is 0.608. The molecular formula is C13H10N2O. The van der Waals surface area contributed by atoms with Gasteiger partial charge in [-0.15, -0.1) is 0 Å². The molecule has 2 aromatic rings. The van der Waals surface area contributed by atoms with Crippen LogP contribution in [0.25, 0.3) is 10.8 Å². The Hall–Kier alpha value is -2.34. The van der Waals surface area contributed by atoms with Gasteiger partial charge in [0.2, 0.25) is 5.91 Å². The largest absolute Gasteiger partial charge is 0.274 e. The third-order valence-electron chi connectivity index (χ3n) is 2.37. The van der Waals surface area contributed by atoms with E-state index < -0.39 is 0 Å². The van der Waals surface area contributed by atoms with E-state index in [1.165, 1.54) is 0 Å². The number of nitrogens with zero attached hydrogens (tertiary/aromatic N) is 1. The van der Waals surface area contributed by atoms with E-state index in [0.29, 0.717) is 0 Å². The summed E-state index contributed by atoms with van der Waals surface area (Å²) in [7, 11) is 0. The Balaban J connectivity index is 2.26. The van der Waals surface area contributed by atoms with Crippen molar-refractivity contribution in [3.8, 4) is 6.19 Å². The number of nitrogens with one attached hydrogen (secondary N) is 1. The second-order valence-corrected chi connectivity index (χ2v) is 3.52. The average Bonchev–Trinajstić information content (AvgIpc) is 2.29. The minimum Gasteiger partial charge on any atom is -0.274 e. The van der Waals surface area contributed by atoms with Gasteiger partial charge in [-0.1, -0.05) is 42.5 Å². The van der Waals surface area contributed by atoms with Gasteiger partial charge in [-0.3, -0.25) is 10.1 Å².